The fourth-order valence-electron chi connectivity index (χ4n) is 2.52. The van der Waals surface area contributed by atoms with Gasteiger partial charge in [-0.1, -0.05) is 43.3 Å². The zero-order valence-electron chi connectivity index (χ0n) is 15.5. The molecule has 2 aromatic carbocycles. The molecule has 0 saturated heterocycles. The molecule has 0 fully saturated rings. The summed E-state index contributed by atoms with van der Waals surface area (Å²) in [5.74, 6) is -0.385. The lowest BCUT2D eigenvalue weighted by molar-refractivity contribution is -0.123. The summed E-state index contributed by atoms with van der Waals surface area (Å²) in [6, 6.07) is 14.7. The highest BCUT2D eigenvalue weighted by atomic mass is 16.5. The first-order chi connectivity index (χ1) is 12.5. The van der Waals surface area contributed by atoms with E-state index in [2.05, 4.69) is 24.4 Å². The van der Waals surface area contributed by atoms with Crippen LogP contribution in [0.4, 0.5) is 0 Å². The number of amides is 1. The van der Waals surface area contributed by atoms with Crippen LogP contribution in [0, 0.1) is 0 Å². The minimum Gasteiger partial charge on any atom is -0.483 e. The van der Waals surface area contributed by atoms with Gasteiger partial charge in [0.2, 0.25) is 0 Å². The highest BCUT2D eigenvalue weighted by Crippen LogP contribution is 2.19. The average molecular weight is 355 g/mol. The summed E-state index contributed by atoms with van der Waals surface area (Å²) in [7, 11) is 0. The van der Waals surface area contributed by atoms with Crippen LogP contribution in [0.15, 0.2) is 48.5 Å². The molecule has 0 spiro atoms. The Bertz CT molecular complexity index is 740. The first-order valence-corrected chi connectivity index (χ1v) is 8.82. The fourth-order valence-corrected chi connectivity index (χ4v) is 2.52. The standard InChI is InChI=1S/C21H25NO4/c1-4-16-10-12-17(13-11-16)15(3)22-20(23)14-26-19-9-7-6-8-18(19)21(24)25-5-2/h6-13,15H,4-5,14H2,1-3H3,(H,22,23)/t15-/m0/s1. The number of para-hydroxylation sites is 1. The summed E-state index contributed by atoms with van der Waals surface area (Å²) in [6.07, 6.45) is 0.981. The van der Waals surface area contributed by atoms with Crippen LogP contribution in [0.2, 0.25) is 0 Å². The molecule has 1 atom stereocenters. The van der Waals surface area contributed by atoms with Crippen molar-refractivity contribution in [3.63, 3.8) is 0 Å². The van der Waals surface area contributed by atoms with Crippen LogP contribution in [0.1, 0.15) is 48.3 Å². The maximum Gasteiger partial charge on any atom is 0.341 e. The number of hydrogen-bond donors (Lipinski definition) is 1. The van der Waals surface area contributed by atoms with Crippen molar-refractivity contribution in [1.82, 2.24) is 5.32 Å². The number of ether oxygens (including phenoxy) is 2. The van der Waals surface area contributed by atoms with Gasteiger partial charge in [-0.25, -0.2) is 4.79 Å². The third-order valence-electron chi connectivity index (χ3n) is 4.01. The maximum absolute atomic E-state index is 12.2. The van der Waals surface area contributed by atoms with Gasteiger partial charge in [-0.3, -0.25) is 4.79 Å². The topological polar surface area (TPSA) is 64.6 Å². The Labute approximate surface area is 154 Å². The largest absolute Gasteiger partial charge is 0.483 e. The van der Waals surface area contributed by atoms with E-state index in [0.717, 1.165) is 12.0 Å². The average Bonchev–Trinajstić information content (AvgIpc) is 2.66. The Morgan fingerprint density at radius 1 is 1.04 bits per heavy atom. The van der Waals surface area contributed by atoms with Gasteiger partial charge in [0, 0.05) is 0 Å². The number of benzene rings is 2. The first-order valence-electron chi connectivity index (χ1n) is 8.82. The minimum atomic E-state index is -0.465. The molecule has 5 nitrogen and oxygen atoms in total. The van der Waals surface area contributed by atoms with Gasteiger partial charge in [0.15, 0.2) is 6.61 Å². The Hall–Kier alpha value is -2.82. The second kappa shape index (κ2) is 9.61. The lowest BCUT2D eigenvalue weighted by atomic mass is 10.1. The predicted octanol–water partition coefficient (Wildman–Crippen LogP) is 3.68. The van der Waals surface area contributed by atoms with Crippen LogP contribution in [0.3, 0.4) is 0 Å². The molecule has 0 heterocycles. The smallest absolute Gasteiger partial charge is 0.341 e. The molecule has 1 N–H and O–H groups in total. The third kappa shape index (κ3) is 5.34. The zero-order chi connectivity index (χ0) is 18.9. The number of carbonyl (C=O) groups excluding carboxylic acids is 2. The maximum atomic E-state index is 12.2. The molecule has 0 radical (unpaired) electrons. The summed E-state index contributed by atoms with van der Waals surface area (Å²) in [5.41, 5.74) is 2.60. The lowest BCUT2D eigenvalue weighted by Gasteiger charge is -2.16. The second-order valence-corrected chi connectivity index (χ2v) is 5.89. The zero-order valence-corrected chi connectivity index (χ0v) is 15.5. The third-order valence-corrected chi connectivity index (χ3v) is 4.01. The van der Waals surface area contributed by atoms with Gasteiger partial charge in [0.05, 0.1) is 12.6 Å². The molecular weight excluding hydrogens is 330 g/mol. The number of esters is 1. The van der Waals surface area contributed by atoms with Crippen molar-refractivity contribution >= 4 is 11.9 Å². The van der Waals surface area contributed by atoms with E-state index in [1.54, 1.807) is 31.2 Å². The van der Waals surface area contributed by atoms with E-state index in [1.807, 2.05) is 19.1 Å². The predicted molar refractivity (Wildman–Crippen MR) is 100 cm³/mol. The van der Waals surface area contributed by atoms with Gasteiger partial charge in [-0.2, -0.15) is 0 Å². The van der Waals surface area contributed by atoms with E-state index in [1.165, 1.54) is 5.56 Å². The summed E-state index contributed by atoms with van der Waals surface area (Å²) in [6.45, 7) is 5.87. The van der Waals surface area contributed by atoms with Gasteiger partial charge >= 0.3 is 5.97 Å². The Balaban J connectivity index is 1.93. The first kappa shape index (κ1) is 19.5. The summed E-state index contributed by atoms with van der Waals surface area (Å²) in [4.78, 5) is 24.1. The lowest BCUT2D eigenvalue weighted by Crippen LogP contribution is -2.31. The molecule has 0 bridgehead atoms. The molecule has 0 unspecified atom stereocenters. The van der Waals surface area contributed by atoms with E-state index in [4.69, 9.17) is 9.47 Å². The van der Waals surface area contributed by atoms with Crippen molar-refractivity contribution in [1.29, 1.82) is 0 Å². The molecule has 2 rings (SSSR count). The highest BCUT2D eigenvalue weighted by Gasteiger charge is 2.15. The van der Waals surface area contributed by atoms with Crippen molar-refractivity contribution in [2.45, 2.75) is 33.2 Å². The number of rotatable bonds is 8. The van der Waals surface area contributed by atoms with Gasteiger partial charge in [0.25, 0.3) is 5.91 Å². The molecule has 0 saturated carbocycles. The van der Waals surface area contributed by atoms with E-state index in [9.17, 15) is 9.59 Å². The number of aryl methyl sites for hydroxylation is 1. The monoisotopic (exact) mass is 355 g/mol. The van der Waals surface area contributed by atoms with E-state index in [-0.39, 0.29) is 25.2 Å². The summed E-state index contributed by atoms with van der Waals surface area (Å²) in [5, 5.41) is 2.90. The van der Waals surface area contributed by atoms with E-state index < -0.39 is 5.97 Å². The van der Waals surface area contributed by atoms with Gasteiger partial charge in [-0.05, 0) is 43.5 Å². The highest BCUT2D eigenvalue weighted by molar-refractivity contribution is 5.92. The van der Waals surface area contributed by atoms with Gasteiger partial charge in [0.1, 0.15) is 11.3 Å². The number of hydrogen-bond acceptors (Lipinski definition) is 4. The van der Waals surface area contributed by atoms with E-state index in [0.29, 0.717) is 11.3 Å². The normalized spacial score (nSPS) is 11.5. The molecule has 26 heavy (non-hydrogen) atoms. The van der Waals surface area contributed by atoms with Crippen LogP contribution in [0.25, 0.3) is 0 Å². The fraction of sp³-hybridized carbons (Fsp3) is 0.333. The van der Waals surface area contributed by atoms with E-state index >= 15 is 0 Å². The summed E-state index contributed by atoms with van der Waals surface area (Å²) >= 11 is 0. The molecular formula is C21H25NO4. The van der Waals surface area contributed by atoms with Crippen LogP contribution in [0.5, 0.6) is 5.75 Å². The number of nitrogens with one attached hydrogen (secondary N) is 1. The summed E-state index contributed by atoms with van der Waals surface area (Å²) < 4.78 is 10.5. The van der Waals surface area contributed by atoms with Crippen LogP contribution in [-0.2, 0) is 16.0 Å². The van der Waals surface area contributed by atoms with Crippen molar-refractivity contribution in [3.8, 4) is 5.75 Å². The quantitative estimate of drug-likeness (QED) is 0.734. The van der Waals surface area contributed by atoms with Crippen molar-refractivity contribution in [2.75, 3.05) is 13.2 Å². The molecule has 5 heteroatoms. The van der Waals surface area contributed by atoms with Gasteiger partial charge in [-0.15, -0.1) is 0 Å². The molecule has 138 valence electrons. The van der Waals surface area contributed by atoms with Crippen LogP contribution >= 0.6 is 0 Å². The molecule has 2 aromatic rings. The van der Waals surface area contributed by atoms with Crippen LogP contribution in [-0.4, -0.2) is 25.1 Å². The SMILES string of the molecule is CCOC(=O)c1ccccc1OCC(=O)N[C@@H](C)c1ccc(CC)cc1. The van der Waals surface area contributed by atoms with Crippen molar-refractivity contribution in [3.05, 3.63) is 65.2 Å². The Morgan fingerprint density at radius 3 is 2.38 bits per heavy atom. The molecule has 0 aliphatic carbocycles. The van der Waals surface area contributed by atoms with Gasteiger partial charge < -0.3 is 14.8 Å². The minimum absolute atomic E-state index is 0.127. The number of carbonyl (C=O) groups is 2. The molecule has 1 amide bonds. The molecule has 0 aliphatic heterocycles. The Kier molecular flexibility index (Phi) is 7.21. The second-order valence-electron chi connectivity index (χ2n) is 5.89. The van der Waals surface area contributed by atoms with Crippen molar-refractivity contribution < 1.29 is 19.1 Å². The Morgan fingerprint density at radius 2 is 1.73 bits per heavy atom. The van der Waals surface area contributed by atoms with Crippen molar-refractivity contribution in [2.24, 2.45) is 0 Å². The van der Waals surface area contributed by atoms with Crippen LogP contribution < -0.4 is 10.1 Å². The molecule has 0 aliphatic rings. The molecule has 0 aromatic heterocycles.